The maximum atomic E-state index is 10.9. The fourth-order valence-electron chi connectivity index (χ4n) is 2.08. The van der Waals surface area contributed by atoms with Gasteiger partial charge in [-0.15, -0.1) is 0 Å². The molecule has 2 rings (SSSR count). The minimum Gasteiger partial charge on any atom is -0.394 e. The monoisotopic (exact) mass is 284 g/mol. The van der Waals surface area contributed by atoms with Gasteiger partial charge in [0.2, 0.25) is 0 Å². The van der Waals surface area contributed by atoms with Crippen molar-refractivity contribution in [2.75, 3.05) is 11.9 Å². The van der Waals surface area contributed by atoms with Gasteiger partial charge in [0.15, 0.2) is 6.23 Å². The lowest BCUT2D eigenvalue weighted by molar-refractivity contribution is -0.385. The number of anilines is 1. The molecular weight excluding hydrogens is 268 g/mol. The van der Waals surface area contributed by atoms with Crippen molar-refractivity contribution < 1.29 is 25.0 Å². The van der Waals surface area contributed by atoms with Crippen LogP contribution in [0.4, 0.5) is 11.4 Å². The molecule has 0 aliphatic carbocycles. The van der Waals surface area contributed by atoms with Gasteiger partial charge in [-0.2, -0.15) is 0 Å². The van der Waals surface area contributed by atoms with E-state index in [-0.39, 0.29) is 5.69 Å². The first-order chi connectivity index (χ1) is 9.43. The minimum absolute atomic E-state index is 0.0539. The van der Waals surface area contributed by atoms with Crippen molar-refractivity contribution in [3.05, 3.63) is 33.9 Å². The van der Waals surface area contributed by atoms with Crippen molar-refractivity contribution in [1.82, 2.24) is 0 Å². The summed E-state index contributed by atoms with van der Waals surface area (Å²) >= 11 is 0. The molecule has 4 N–H and O–H groups in total. The number of rotatable bonds is 4. The Labute approximate surface area is 114 Å². The number of nitro groups is 1. The van der Waals surface area contributed by atoms with Crippen LogP contribution >= 0.6 is 0 Å². The first kappa shape index (κ1) is 14.7. The maximum absolute atomic E-state index is 10.9. The zero-order chi connectivity index (χ0) is 14.9. The zero-order valence-electron chi connectivity index (χ0n) is 10.8. The molecule has 8 heteroatoms. The van der Waals surface area contributed by atoms with Crippen molar-refractivity contribution in [2.45, 2.75) is 31.5 Å². The Morgan fingerprint density at radius 3 is 2.65 bits per heavy atom. The molecule has 0 aromatic heterocycles. The number of nitrogens with one attached hydrogen (secondary N) is 1. The second kappa shape index (κ2) is 5.71. The summed E-state index contributed by atoms with van der Waals surface area (Å²) in [5, 5.41) is 42.0. The van der Waals surface area contributed by atoms with Gasteiger partial charge in [0.1, 0.15) is 18.3 Å². The lowest BCUT2D eigenvalue weighted by atomic mass is 10.1. The second-order valence-electron chi connectivity index (χ2n) is 4.66. The van der Waals surface area contributed by atoms with Gasteiger partial charge in [-0.05, 0) is 13.0 Å². The molecule has 1 aliphatic rings. The van der Waals surface area contributed by atoms with Gasteiger partial charge >= 0.3 is 0 Å². The standard InChI is InChI=1S/C12H16N2O6/c1-6-2-3-7(4-8(6)14(18)19)13-12-11(17)10(16)9(5-15)20-12/h2-4,9-13,15-17H,5H2,1H3/t9-,10-,11+,12+/m0/s1. The molecule has 1 aliphatic heterocycles. The number of aryl methyl sites for hydroxylation is 1. The van der Waals surface area contributed by atoms with Crippen molar-refractivity contribution >= 4 is 11.4 Å². The zero-order valence-corrected chi connectivity index (χ0v) is 10.8. The molecule has 1 fully saturated rings. The van der Waals surface area contributed by atoms with E-state index in [1.54, 1.807) is 19.1 Å². The third kappa shape index (κ3) is 2.73. The highest BCUT2D eigenvalue weighted by atomic mass is 16.6. The highest BCUT2D eigenvalue weighted by Gasteiger charge is 2.42. The van der Waals surface area contributed by atoms with Gasteiger partial charge in [0.05, 0.1) is 11.5 Å². The van der Waals surface area contributed by atoms with Crippen LogP contribution in [0.1, 0.15) is 5.56 Å². The molecule has 20 heavy (non-hydrogen) atoms. The summed E-state index contributed by atoms with van der Waals surface area (Å²) in [7, 11) is 0. The Bertz CT molecular complexity index is 509. The first-order valence-corrected chi connectivity index (χ1v) is 6.08. The number of hydrogen-bond donors (Lipinski definition) is 4. The van der Waals surface area contributed by atoms with Crippen LogP contribution in [0.3, 0.4) is 0 Å². The Kier molecular flexibility index (Phi) is 4.19. The van der Waals surface area contributed by atoms with Crippen LogP contribution in [-0.4, -0.2) is 51.4 Å². The third-order valence-corrected chi connectivity index (χ3v) is 3.26. The van der Waals surface area contributed by atoms with Crippen LogP contribution in [0, 0.1) is 17.0 Å². The SMILES string of the molecule is Cc1ccc(N[C@@H]2O[C@@H](CO)[C@H](O)[C@H]2O)cc1[N+](=O)[O-]. The van der Waals surface area contributed by atoms with Crippen molar-refractivity contribution in [3.63, 3.8) is 0 Å². The highest BCUT2D eigenvalue weighted by Crippen LogP contribution is 2.26. The molecule has 0 spiro atoms. The molecule has 0 saturated carbocycles. The molecule has 1 heterocycles. The van der Waals surface area contributed by atoms with E-state index in [0.29, 0.717) is 11.3 Å². The summed E-state index contributed by atoms with van der Waals surface area (Å²) in [6, 6.07) is 4.50. The molecular formula is C12H16N2O6. The highest BCUT2D eigenvalue weighted by molar-refractivity contribution is 5.55. The predicted octanol–water partition coefficient (Wildman–Crippen LogP) is -0.246. The molecule has 0 bridgehead atoms. The molecule has 1 aromatic carbocycles. The van der Waals surface area contributed by atoms with E-state index in [4.69, 9.17) is 9.84 Å². The van der Waals surface area contributed by atoms with Crippen molar-refractivity contribution in [1.29, 1.82) is 0 Å². The van der Waals surface area contributed by atoms with E-state index in [1.807, 2.05) is 0 Å². The predicted molar refractivity (Wildman–Crippen MR) is 69.2 cm³/mol. The second-order valence-corrected chi connectivity index (χ2v) is 4.66. The van der Waals surface area contributed by atoms with Gasteiger partial charge < -0.3 is 25.4 Å². The molecule has 1 saturated heterocycles. The van der Waals surface area contributed by atoms with E-state index >= 15 is 0 Å². The summed E-state index contributed by atoms with van der Waals surface area (Å²) in [4.78, 5) is 10.3. The van der Waals surface area contributed by atoms with E-state index in [9.17, 15) is 20.3 Å². The van der Waals surface area contributed by atoms with Gasteiger partial charge in [0, 0.05) is 17.3 Å². The normalized spacial score (nSPS) is 29.4. The van der Waals surface area contributed by atoms with Gasteiger partial charge in [-0.3, -0.25) is 10.1 Å². The number of aliphatic hydroxyl groups excluding tert-OH is 3. The number of nitro benzene ring substituents is 1. The fraction of sp³-hybridized carbons (Fsp3) is 0.500. The number of aliphatic hydroxyl groups is 3. The molecule has 0 radical (unpaired) electrons. The average Bonchev–Trinajstić information content (AvgIpc) is 2.68. The third-order valence-electron chi connectivity index (χ3n) is 3.26. The number of nitrogens with zero attached hydrogens (tertiary/aromatic N) is 1. The van der Waals surface area contributed by atoms with Gasteiger partial charge in [-0.25, -0.2) is 0 Å². The van der Waals surface area contributed by atoms with Crippen molar-refractivity contribution in [3.8, 4) is 0 Å². The lowest BCUT2D eigenvalue weighted by Crippen LogP contribution is -2.36. The van der Waals surface area contributed by atoms with Crippen LogP contribution < -0.4 is 5.32 Å². The van der Waals surface area contributed by atoms with Crippen LogP contribution in [0.5, 0.6) is 0 Å². The molecule has 0 amide bonds. The molecule has 110 valence electrons. The Balaban J connectivity index is 2.15. The van der Waals surface area contributed by atoms with Crippen LogP contribution in [0.15, 0.2) is 18.2 Å². The molecule has 0 unspecified atom stereocenters. The number of benzene rings is 1. The van der Waals surface area contributed by atoms with Crippen LogP contribution in [-0.2, 0) is 4.74 Å². The van der Waals surface area contributed by atoms with E-state index in [0.717, 1.165) is 0 Å². The van der Waals surface area contributed by atoms with Gasteiger partial charge in [0.25, 0.3) is 5.69 Å². The number of ether oxygens (including phenoxy) is 1. The summed E-state index contributed by atoms with van der Waals surface area (Å²) < 4.78 is 5.24. The van der Waals surface area contributed by atoms with Gasteiger partial charge in [-0.1, -0.05) is 6.07 Å². The molecule has 8 nitrogen and oxygen atoms in total. The Morgan fingerprint density at radius 1 is 1.40 bits per heavy atom. The topological polar surface area (TPSA) is 125 Å². The summed E-state index contributed by atoms with van der Waals surface area (Å²) in [6.45, 7) is 1.19. The largest absolute Gasteiger partial charge is 0.394 e. The van der Waals surface area contributed by atoms with Crippen LogP contribution in [0.2, 0.25) is 0 Å². The average molecular weight is 284 g/mol. The van der Waals surface area contributed by atoms with E-state index in [2.05, 4.69) is 5.32 Å². The van der Waals surface area contributed by atoms with Crippen LogP contribution in [0.25, 0.3) is 0 Å². The smallest absolute Gasteiger partial charge is 0.274 e. The van der Waals surface area contributed by atoms with E-state index in [1.165, 1.54) is 6.07 Å². The number of hydrogen-bond acceptors (Lipinski definition) is 7. The first-order valence-electron chi connectivity index (χ1n) is 6.08. The Hall–Kier alpha value is -1.74. The Morgan fingerprint density at radius 2 is 2.10 bits per heavy atom. The summed E-state index contributed by atoms with van der Waals surface area (Å²) in [6.07, 6.45) is -4.27. The maximum Gasteiger partial charge on any atom is 0.274 e. The quantitative estimate of drug-likeness (QED) is 0.444. The summed E-state index contributed by atoms with van der Waals surface area (Å²) in [5.74, 6) is 0. The molecule has 1 aromatic rings. The minimum atomic E-state index is -1.23. The summed E-state index contributed by atoms with van der Waals surface area (Å²) in [5.41, 5.74) is 0.848. The lowest BCUT2D eigenvalue weighted by Gasteiger charge is -2.17. The van der Waals surface area contributed by atoms with Crippen molar-refractivity contribution in [2.24, 2.45) is 0 Å². The fourth-order valence-corrected chi connectivity index (χ4v) is 2.08. The molecule has 4 atom stereocenters. The van der Waals surface area contributed by atoms with E-state index < -0.39 is 36.1 Å².